The van der Waals surface area contributed by atoms with E-state index in [2.05, 4.69) is 5.32 Å². The average molecular weight is 448 g/mol. The van der Waals surface area contributed by atoms with Gasteiger partial charge in [0.15, 0.2) is 17.8 Å². The van der Waals surface area contributed by atoms with Gasteiger partial charge in [0.1, 0.15) is 6.10 Å². The molecule has 1 fully saturated rings. The van der Waals surface area contributed by atoms with Gasteiger partial charge >= 0.3 is 0 Å². The number of Topliss-reactive ketones (excluding diaryl/α,β-unsaturated/α-hetero) is 1. The molecule has 1 aliphatic heterocycles. The molecule has 9 heteroatoms. The van der Waals surface area contributed by atoms with Gasteiger partial charge in [-0.05, 0) is 32.8 Å². The van der Waals surface area contributed by atoms with Crippen LogP contribution < -0.4 is 14.8 Å². The number of hydrogen-bond donors (Lipinski definition) is 1. The Hall–Kier alpha value is -3.07. The molecule has 1 N–H and O–H groups in total. The van der Waals surface area contributed by atoms with Crippen molar-refractivity contribution in [1.82, 2.24) is 0 Å². The lowest BCUT2D eigenvalue weighted by atomic mass is 9.78. The number of ketones is 1. The van der Waals surface area contributed by atoms with Crippen LogP contribution in [0.15, 0.2) is 30.5 Å². The maximum absolute atomic E-state index is 14.5. The summed E-state index contributed by atoms with van der Waals surface area (Å²) < 4.78 is 40.3. The first kappa shape index (κ1) is 23.6. The Balaban J connectivity index is 2.00. The fourth-order valence-corrected chi connectivity index (χ4v) is 3.99. The van der Waals surface area contributed by atoms with Crippen molar-refractivity contribution >= 4 is 17.4 Å². The summed E-state index contributed by atoms with van der Waals surface area (Å²) in [4.78, 5) is 24.9. The zero-order valence-corrected chi connectivity index (χ0v) is 18.6. The monoisotopic (exact) mass is 448 g/mol. The molecule has 2 aromatic rings. The summed E-state index contributed by atoms with van der Waals surface area (Å²) in [5.41, 5.74) is -0.305. The highest BCUT2D eigenvalue weighted by molar-refractivity contribution is 5.97. The van der Waals surface area contributed by atoms with Crippen molar-refractivity contribution in [3.05, 3.63) is 58.6 Å². The number of amides is 1. The minimum absolute atomic E-state index is 0.114. The van der Waals surface area contributed by atoms with E-state index in [4.69, 9.17) is 9.47 Å². The number of benzene rings is 1. The average Bonchev–Trinajstić information content (AvgIpc) is 2.96. The zero-order chi connectivity index (χ0) is 23.8. The quantitative estimate of drug-likeness (QED) is 0.413. The van der Waals surface area contributed by atoms with Gasteiger partial charge in [0.25, 0.3) is 11.6 Å². The molecule has 32 heavy (non-hydrogen) atoms. The number of hydrogen-bond acceptors (Lipinski definition) is 5. The van der Waals surface area contributed by atoms with Crippen molar-refractivity contribution in [1.29, 1.82) is 0 Å². The Bertz CT molecular complexity index is 1060. The van der Waals surface area contributed by atoms with Gasteiger partial charge in [-0.15, -0.1) is 0 Å². The van der Waals surface area contributed by atoms with Crippen LogP contribution in [0.3, 0.4) is 0 Å². The van der Waals surface area contributed by atoms with Crippen molar-refractivity contribution < 1.29 is 32.6 Å². The predicted octanol–water partition coefficient (Wildman–Crippen LogP) is 3.74. The predicted molar refractivity (Wildman–Crippen MR) is 112 cm³/mol. The smallest absolute Gasteiger partial charge is 0.261 e. The van der Waals surface area contributed by atoms with Crippen LogP contribution >= 0.6 is 0 Å². The Labute approximate surface area is 184 Å². The molecule has 1 aromatic carbocycles. The highest BCUT2D eigenvalue weighted by Crippen LogP contribution is 2.49. The lowest BCUT2D eigenvalue weighted by molar-refractivity contribution is -0.607. The third-order valence-corrected chi connectivity index (χ3v) is 5.93. The lowest BCUT2D eigenvalue weighted by Gasteiger charge is -2.26. The fourth-order valence-electron chi connectivity index (χ4n) is 3.99. The summed E-state index contributed by atoms with van der Waals surface area (Å²) in [7, 11) is 0. The van der Waals surface area contributed by atoms with E-state index in [0.717, 1.165) is 12.3 Å². The van der Waals surface area contributed by atoms with Crippen LogP contribution in [0.5, 0.6) is 5.75 Å². The minimum Gasteiger partial charge on any atom is -0.618 e. The van der Waals surface area contributed by atoms with Crippen LogP contribution in [0.1, 0.15) is 56.6 Å². The first-order valence-electron chi connectivity index (χ1n) is 10.3. The zero-order valence-electron chi connectivity index (χ0n) is 18.6. The molecule has 3 rings (SSSR count). The second-order valence-electron chi connectivity index (χ2n) is 8.34. The van der Waals surface area contributed by atoms with E-state index in [1.807, 2.05) is 20.8 Å². The van der Waals surface area contributed by atoms with Crippen LogP contribution in [-0.2, 0) is 9.53 Å². The van der Waals surface area contributed by atoms with E-state index in [-0.39, 0.29) is 29.7 Å². The third-order valence-electron chi connectivity index (χ3n) is 5.93. The lowest BCUT2D eigenvalue weighted by Crippen LogP contribution is -2.35. The van der Waals surface area contributed by atoms with Crippen LogP contribution in [0.4, 0.5) is 14.5 Å². The molecule has 0 saturated carbocycles. The maximum atomic E-state index is 14.5. The highest BCUT2D eigenvalue weighted by Gasteiger charge is 2.51. The van der Waals surface area contributed by atoms with E-state index in [1.165, 1.54) is 25.1 Å². The number of ether oxygens (including phenoxy) is 2. The normalized spacial score (nSPS) is 21.9. The SMILES string of the molecule is CCOc1c([C@H]2[C@H](C(=O)Nc3cc[n+]([O-])c(C(C)=O)c3)OC(C)(C)[C@H]2C)ccc(F)c1F. The fraction of sp³-hybridized carbons (Fsp3) is 0.435. The Morgan fingerprint density at radius 2 is 1.97 bits per heavy atom. The summed E-state index contributed by atoms with van der Waals surface area (Å²) in [6, 6.07) is 5.05. The number of rotatable bonds is 6. The van der Waals surface area contributed by atoms with Crippen molar-refractivity contribution in [3.8, 4) is 5.75 Å². The molecule has 0 aliphatic carbocycles. The van der Waals surface area contributed by atoms with Crippen molar-refractivity contribution in [2.24, 2.45) is 5.92 Å². The molecule has 0 radical (unpaired) electrons. The number of carbonyl (C=O) groups excluding carboxylic acids is 2. The molecule has 0 bridgehead atoms. The summed E-state index contributed by atoms with van der Waals surface area (Å²) >= 11 is 0. The molecule has 3 atom stereocenters. The van der Waals surface area contributed by atoms with Gasteiger partial charge in [-0.1, -0.05) is 13.0 Å². The van der Waals surface area contributed by atoms with Gasteiger partial charge in [-0.2, -0.15) is 9.12 Å². The maximum Gasteiger partial charge on any atom is 0.261 e. The van der Waals surface area contributed by atoms with Crippen LogP contribution in [0.25, 0.3) is 0 Å². The highest BCUT2D eigenvalue weighted by atomic mass is 19.2. The Morgan fingerprint density at radius 3 is 2.59 bits per heavy atom. The molecule has 1 saturated heterocycles. The molecule has 1 aromatic heterocycles. The van der Waals surface area contributed by atoms with Crippen molar-refractivity contribution in [2.75, 3.05) is 11.9 Å². The van der Waals surface area contributed by atoms with Crippen molar-refractivity contribution in [2.45, 2.75) is 52.2 Å². The summed E-state index contributed by atoms with van der Waals surface area (Å²) in [6.45, 7) is 8.51. The Morgan fingerprint density at radius 1 is 1.28 bits per heavy atom. The van der Waals surface area contributed by atoms with Gasteiger partial charge in [0, 0.05) is 30.5 Å². The summed E-state index contributed by atoms with van der Waals surface area (Å²) in [5.74, 6) is -4.29. The molecule has 0 unspecified atom stereocenters. The summed E-state index contributed by atoms with van der Waals surface area (Å²) in [5, 5.41) is 14.4. The molecule has 0 spiro atoms. The second-order valence-corrected chi connectivity index (χ2v) is 8.34. The molecular formula is C23H26F2N2O5. The topological polar surface area (TPSA) is 91.6 Å². The number of nitrogens with zero attached hydrogens (tertiary/aromatic N) is 1. The molecule has 7 nitrogen and oxygen atoms in total. The van der Waals surface area contributed by atoms with Gasteiger partial charge in [-0.25, -0.2) is 4.39 Å². The van der Waals surface area contributed by atoms with E-state index in [0.29, 0.717) is 10.3 Å². The van der Waals surface area contributed by atoms with E-state index >= 15 is 0 Å². The first-order chi connectivity index (χ1) is 15.0. The van der Waals surface area contributed by atoms with Gasteiger partial charge in [-0.3, -0.25) is 9.59 Å². The molecular weight excluding hydrogens is 422 g/mol. The summed E-state index contributed by atoms with van der Waals surface area (Å²) in [6.07, 6.45) is 0.0680. The molecule has 172 valence electrons. The van der Waals surface area contributed by atoms with Gasteiger partial charge in [0.05, 0.1) is 17.9 Å². The van der Waals surface area contributed by atoms with E-state index in [9.17, 15) is 23.6 Å². The number of pyridine rings is 1. The van der Waals surface area contributed by atoms with Gasteiger partial charge < -0.3 is 20.0 Å². The number of carbonyl (C=O) groups is 2. The van der Waals surface area contributed by atoms with Gasteiger partial charge in [0.2, 0.25) is 11.6 Å². The largest absolute Gasteiger partial charge is 0.618 e. The van der Waals surface area contributed by atoms with E-state index in [1.54, 1.807) is 6.92 Å². The van der Waals surface area contributed by atoms with Crippen molar-refractivity contribution in [3.63, 3.8) is 0 Å². The molecule has 1 aliphatic rings. The van der Waals surface area contributed by atoms with Crippen LogP contribution in [-0.4, -0.2) is 30.0 Å². The van der Waals surface area contributed by atoms with Crippen LogP contribution in [0, 0.1) is 22.8 Å². The Kier molecular flexibility index (Phi) is 6.50. The first-order valence-corrected chi connectivity index (χ1v) is 10.3. The molecule has 1 amide bonds. The number of anilines is 1. The third kappa shape index (κ3) is 4.29. The second kappa shape index (κ2) is 8.82. The standard InChI is InChI=1S/C23H26F2N2O5/c1-6-31-20-15(7-8-16(24)19(20)25)18-12(2)23(4,5)32-21(18)22(29)26-14-9-10-27(30)17(11-14)13(3)28/h7-12,18,21H,6H2,1-5H3,(H,26,29)/t12-,18-,21+/m0/s1. The minimum atomic E-state index is -1.12. The number of nitrogens with one attached hydrogen (secondary N) is 1. The van der Waals surface area contributed by atoms with Crippen LogP contribution in [0.2, 0.25) is 0 Å². The van der Waals surface area contributed by atoms with E-state index < -0.39 is 40.9 Å². The molecule has 2 heterocycles. The number of halogens is 2. The number of aromatic nitrogens is 1.